The molecule has 0 aliphatic carbocycles. The number of rotatable bonds is 7. The lowest BCUT2D eigenvalue weighted by molar-refractivity contribution is -0.142. The molecule has 3 amide bonds. The summed E-state index contributed by atoms with van der Waals surface area (Å²) in [4.78, 5) is 45.5. The highest BCUT2D eigenvalue weighted by atomic mass is 19.1. The molecule has 5 unspecified atom stereocenters. The normalized spacial score (nSPS) is 26.6. The quantitative estimate of drug-likeness (QED) is 0.567. The van der Waals surface area contributed by atoms with E-state index < -0.39 is 29.8 Å². The van der Waals surface area contributed by atoms with Gasteiger partial charge in [0.1, 0.15) is 23.5 Å². The van der Waals surface area contributed by atoms with E-state index in [-0.39, 0.29) is 48.1 Å². The van der Waals surface area contributed by atoms with Gasteiger partial charge in [0.05, 0.1) is 18.2 Å². The number of carbonyl (C=O) groups excluding carboxylic acids is 3. The summed E-state index contributed by atoms with van der Waals surface area (Å²) in [7, 11) is 0. The molecular formula is C29H40FN5O4. The van der Waals surface area contributed by atoms with Gasteiger partial charge in [0.25, 0.3) is 0 Å². The third kappa shape index (κ3) is 6.19. The van der Waals surface area contributed by atoms with E-state index in [1.807, 2.05) is 30.6 Å². The molecule has 1 aromatic carbocycles. The molecule has 3 fully saturated rings. The highest BCUT2D eigenvalue weighted by molar-refractivity contribution is 5.88. The summed E-state index contributed by atoms with van der Waals surface area (Å²) >= 11 is 0. The smallest absolute Gasteiger partial charge is 0.408 e. The number of hydrogen-bond acceptors (Lipinski definition) is 6. The molecule has 0 radical (unpaired) electrons. The number of alkyl carbamates (subject to hydrolysis) is 1. The number of amides is 3. The Morgan fingerprint density at radius 3 is 2.41 bits per heavy atom. The van der Waals surface area contributed by atoms with Gasteiger partial charge in [-0.2, -0.15) is 5.26 Å². The SMILES string of the molecule is CC1CC(C#N)N(C(=O)C(CN2C[C@@H]3CC2C(=O)N3C(c2ccc(F)cc2)C(C)C)NC(=O)OC(C)(C)C)C1. The van der Waals surface area contributed by atoms with Crippen LogP contribution in [-0.2, 0) is 14.3 Å². The summed E-state index contributed by atoms with van der Waals surface area (Å²) < 4.78 is 19.0. The Kier molecular flexibility index (Phi) is 8.22. The molecule has 39 heavy (non-hydrogen) atoms. The molecule has 6 atom stereocenters. The van der Waals surface area contributed by atoms with Crippen LogP contribution >= 0.6 is 0 Å². The largest absolute Gasteiger partial charge is 0.444 e. The highest BCUT2D eigenvalue weighted by Crippen LogP contribution is 2.41. The molecule has 2 bridgehead atoms. The predicted molar refractivity (Wildman–Crippen MR) is 143 cm³/mol. The van der Waals surface area contributed by atoms with Crippen molar-refractivity contribution in [2.24, 2.45) is 11.8 Å². The number of ether oxygens (including phenoxy) is 1. The van der Waals surface area contributed by atoms with Crippen LogP contribution in [0.25, 0.3) is 0 Å². The van der Waals surface area contributed by atoms with Crippen molar-refractivity contribution >= 4 is 17.9 Å². The van der Waals surface area contributed by atoms with Crippen LogP contribution in [0.1, 0.15) is 66.0 Å². The molecule has 3 aliphatic heterocycles. The van der Waals surface area contributed by atoms with Gasteiger partial charge in [-0.25, -0.2) is 9.18 Å². The summed E-state index contributed by atoms with van der Waals surface area (Å²) in [5.74, 6) is -0.382. The zero-order valence-corrected chi connectivity index (χ0v) is 23.7. The monoisotopic (exact) mass is 541 g/mol. The predicted octanol–water partition coefficient (Wildman–Crippen LogP) is 3.46. The summed E-state index contributed by atoms with van der Waals surface area (Å²) in [6.45, 7) is 12.5. The molecule has 1 aromatic rings. The second kappa shape index (κ2) is 11.1. The number of nitrogens with one attached hydrogen (secondary N) is 1. The van der Waals surface area contributed by atoms with Crippen molar-refractivity contribution in [2.75, 3.05) is 19.6 Å². The molecule has 1 N–H and O–H groups in total. The molecule has 0 spiro atoms. The van der Waals surface area contributed by atoms with E-state index in [2.05, 4.69) is 11.4 Å². The number of fused-ring (bicyclic) bond motifs is 2. The molecule has 3 saturated heterocycles. The summed E-state index contributed by atoms with van der Waals surface area (Å²) in [6.07, 6.45) is 0.497. The maximum Gasteiger partial charge on any atom is 0.408 e. The lowest BCUT2D eigenvalue weighted by Crippen LogP contribution is -2.59. The average molecular weight is 542 g/mol. The van der Waals surface area contributed by atoms with Gasteiger partial charge in [-0.3, -0.25) is 14.5 Å². The zero-order valence-electron chi connectivity index (χ0n) is 23.7. The molecule has 3 heterocycles. The highest BCUT2D eigenvalue weighted by Gasteiger charge is 2.53. The number of carbonyl (C=O) groups is 3. The topological polar surface area (TPSA) is 106 Å². The zero-order chi connectivity index (χ0) is 28.6. The molecule has 10 heteroatoms. The number of nitriles is 1. The maximum atomic E-state index is 13.7. The second-order valence-electron chi connectivity index (χ2n) is 12.5. The van der Waals surface area contributed by atoms with E-state index in [1.54, 1.807) is 37.8 Å². The van der Waals surface area contributed by atoms with E-state index in [9.17, 15) is 24.0 Å². The Morgan fingerprint density at radius 2 is 1.85 bits per heavy atom. The lowest BCUT2D eigenvalue weighted by atomic mass is 9.93. The Balaban J connectivity index is 1.52. The van der Waals surface area contributed by atoms with Crippen LogP contribution in [-0.4, -0.2) is 82.0 Å². The Bertz CT molecular complexity index is 1130. The van der Waals surface area contributed by atoms with Crippen LogP contribution in [0.5, 0.6) is 0 Å². The van der Waals surface area contributed by atoms with Gasteiger partial charge in [0.2, 0.25) is 11.8 Å². The van der Waals surface area contributed by atoms with Crippen molar-refractivity contribution in [3.63, 3.8) is 0 Å². The van der Waals surface area contributed by atoms with Gasteiger partial charge in [-0.1, -0.05) is 32.9 Å². The minimum Gasteiger partial charge on any atom is -0.444 e. The fourth-order valence-corrected chi connectivity index (χ4v) is 6.26. The standard InChI is InChI=1S/C29H40FN5O4/c1-17(2)25(19-7-9-20(30)10-8-19)35-22-12-24(27(35)37)33(15-22)16-23(32-28(38)39-29(4,5)6)26(36)34-14-18(3)11-21(34)13-31/h7-10,17-18,21-25H,11-12,14-16H2,1-6H3,(H,32,38)/t18?,21?,22-,23?,24?,25?/m0/s1. The first-order chi connectivity index (χ1) is 18.3. The first-order valence-electron chi connectivity index (χ1n) is 13.8. The van der Waals surface area contributed by atoms with Gasteiger partial charge in [-0.05, 0) is 63.1 Å². The van der Waals surface area contributed by atoms with Crippen LogP contribution < -0.4 is 5.32 Å². The van der Waals surface area contributed by atoms with Crippen LogP contribution in [0, 0.1) is 29.0 Å². The van der Waals surface area contributed by atoms with Crippen molar-refractivity contribution < 1.29 is 23.5 Å². The molecule has 0 saturated carbocycles. The minimum atomic E-state index is -0.959. The number of halogens is 1. The molecule has 9 nitrogen and oxygen atoms in total. The van der Waals surface area contributed by atoms with Gasteiger partial charge >= 0.3 is 6.09 Å². The van der Waals surface area contributed by atoms with Crippen LogP contribution in [0.2, 0.25) is 0 Å². The van der Waals surface area contributed by atoms with Crippen LogP contribution in [0.3, 0.4) is 0 Å². The van der Waals surface area contributed by atoms with E-state index in [0.717, 1.165) is 5.56 Å². The third-order valence-corrected chi connectivity index (χ3v) is 7.81. The molecule has 212 valence electrons. The number of piperazine rings is 1. The van der Waals surface area contributed by atoms with E-state index in [4.69, 9.17) is 4.74 Å². The molecule has 4 rings (SSSR count). The van der Waals surface area contributed by atoms with Crippen molar-refractivity contribution in [1.82, 2.24) is 20.0 Å². The average Bonchev–Trinajstić information content (AvgIpc) is 3.51. The van der Waals surface area contributed by atoms with Crippen LogP contribution in [0.4, 0.5) is 9.18 Å². The minimum absolute atomic E-state index is 0.0255. The van der Waals surface area contributed by atoms with E-state index in [0.29, 0.717) is 25.9 Å². The Morgan fingerprint density at radius 1 is 1.18 bits per heavy atom. The van der Waals surface area contributed by atoms with Gasteiger partial charge < -0.3 is 19.9 Å². The van der Waals surface area contributed by atoms with Crippen LogP contribution in [0.15, 0.2) is 24.3 Å². The number of likely N-dealkylation sites (tertiary alicyclic amines) is 3. The summed E-state index contributed by atoms with van der Waals surface area (Å²) in [6, 6.07) is 6.34. The second-order valence-corrected chi connectivity index (χ2v) is 12.5. The maximum absolute atomic E-state index is 13.7. The van der Waals surface area contributed by atoms with Gasteiger partial charge in [-0.15, -0.1) is 0 Å². The molecular weight excluding hydrogens is 501 g/mol. The Hall–Kier alpha value is -3.19. The third-order valence-electron chi connectivity index (χ3n) is 7.81. The first kappa shape index (κ1) is 28.8. The van der Waals surface area contributed by atoms with E-state index >= 15 is 0 Å². The fraction of sp³-hybridized carbons (Fsp3) is 0.655. The lowest BCUT2D eigenvalue weighted by Gasteiger charge is -2.41. The summed E-state index contributed by atoms with van der Waals surface area (Å²) in [5.41, 5.74) is 0.147. The number of hydrogen-bond donors (Lipinski definition) is 1. The number of nitrogens with zero attached hydrogens (tertiary/aromatic N) is 4. The number of benzene rings is 1. The van der Waals surface area contributed by atoms with Crippen molar-refractivity contribution in [3.8, 4) is 6.07 Å². The fourth-order valence-electron chi connectivity index (χ4n) is 6.26. The summed E-state index contributed by atoms with van der Waals surface area (Å²) in [5, 5.41) is 12.4. The van der Waals surface area contributed by atoms with Gasteiger partial charge in [0.15, 0.2) is 0 Å². The van der Waals surface area contributed by atoms with E-state index in [1.165, 1.54) is 12.1 Å². The molecule has 0 aromatic heterocycles. The first-order valence-corrected chi connectivity index (χ1v) is 13.8. The molecule has 3 aliphatic rings. The van der Waals surface area contributed by atoms with Crippen molar-refractivity contribution in [3.05, 3.63) is 35.6 Å². The van der Waals surface area contributed by atoms with Crippen molar-refractivity contribution in [1.29, 1.82) is 5.26 Å². The Labute approximate surface area is 230 Å². The van der Waals surface area contributed by atoms with Crippen molar-refractivity contribution in [2.45, 2.75) is 90.2 Å². The van der Waals surface area contributed by atoms with Gasteiger partial charge in [0, 0.05) is 25.7 Å².